The third kappa shape index (κ3) is 2.33. The van der Waals surface area contributed by atoms with Gasteiger partial charge in [-0.2, -0.15) is 0 Å². The van der Waals surface area contributed by atoms with E-state index in [2.05, 4.69) is 10.6 Å². The summed E-state index contributed by atoms with van der Waals surface area (Å²) in [5.41, 5.74) is 1.14. The molecule has 16 heavy (non-hydrogen) atoms. The van der Waals surface area contributed by atoms with E-state index in [-0.39, 0.29) is 11.9 Å². The van der Waals surface area contributed by atoms with E-state index in [1.54, 1.807) is 7.05 Å². The third-order valence-corrected chi connectivity index (χ3v) is 2.75. The number of fused-ring (bicyclic) bond motifs is 1. The zero-order chi connectivity index (χ0) is 11.4. The average molecular weight is 220 g/mol. The number of ether oxygens (including phenoxy) is 1. The molecule has 2 rings (SSSR count). The second-order valence-electron chi connectivity index (χ2n) is 3.78. The van der Waals surface area contributed by atoms with Crippen molar-refractivity contribution < 1.29 is 9.53 Å². The van der Waals surface area contributed by atoms with Crippen molar-refractivity contribution in [3.63, 3.8) is 0 Å². The van der Waals surface area contributed by atoms with Gasteiger partial charge in [0.05, 0.1) is 13.2 Å². The molecule has 1 aliphatic rings. The molecule has 1 aliphatic heterocycles. The summed E-state index contributed by atoms with van der Waals surface area (Å²) in [5.74, 6) is 0.923. The highest BCUT2D eigenvalue weighted by Crippen LogP contribution is 2.31. The van der Waals surface area contributed by atoms with Crippen LogP contribution in [0.3, 0.4) is 0 Å². The lowest BCUT2D eigenvalue weighted by Gasteiger charge is -2.26. The van der Waals surface area contributed by atoms with E-state index in [9.17, 15) is 4.79 Å². The van der Waals surface area contributed by atoms with Gasteiger partial charge in [-0.25, -0.2) is 0 Å². The molecule has 1 heterocycles. The molecule has 1 amide bonds. The number of hydrogen-bond acceptors (Lipinski definition) is 3. The zero-order valence-corrected chi connectivity index (χ0v) is 9.32. The molecule has 0 fully saturated rings. The van der Waals surface area contributed by atoms with Crippen molar-refractivity contribution in [3.05, 3.63) is 29.8 Å². The molecule has 0 saturated heterocycles. The molecular formula is C12H16N2O2. The van der Waals surface area contributed by atoms with Gasteiger partial charge in [0.2, 0.25) is 5.91 Å². The fourth-order valence-corrected chi connectivity index (χ4v) is 1.86. The fourth-order valence-electron chi connectivity index (χ4n) is 1.86. The van der Waals surface area contributed by atoms with Crippen molar-refractivity contribution in [2.75, 3.05) is 20.2 Å². The van der Waals surface area contributed by atoms with Gasteiger partial charge in [0, 0.05) is 25.1 Å². The monoisotopic (exact) mass is 220 g/mol. The highest BCUT2D eigenvalue weighted by molar-refractivity contribution is 5.77. The first kappa shape index (κ1) is 11.0. The number of benzene rings is 1. The number of carbonyl (C=O) groups excluding carboxylic acids is 1. The van der Waals surface area contributed by atoms with Gasteiger partial charge in [0.25, 0.3) is 0 Å². The fraction of sp³-hybridized carbons (Fsp3) is 0.417. The van der Waals surface area contributed by atoms with E-state index < -0.39 is 0 Å². The molecule has 1 atom stereocenters. The lowest BCUT2D eigenvalue weighted by molar-refractivity contribution is -0.119. The topological polar surface area (TPSA) is 50.4 Å². The molecule has 0 spiro atoms. The number of amides is 1. The SMILES string of the molecule is CNC(=O)CNC1CCOc2ccccc21. The van der Waals surface area contributed by atoms with Gasteiger partial charge in [0.15, 0.2) is 0 Å². The lowest BCUT2D eigenvalue weighted by Crippen LogP contribution is -2.35. The van der Waals surface area contributed by atoms with Crippen molar-refractivity contribution in [3.8, 4) is 5.75 Å². The molecule has 0 saturated carbocycles. The van der Waals surface area contributed by atoms with Gasteiger partial charge in [-0.1, -0.05) is 18.2 Å². The van der Waals surface area contributed by atoms with Crippen LogP contribution in [-0.2, 0) is 4.79 Å². The molecule has 4 heteroatoms. The second-order valence-corrected chi connectivity index (χ2v) is 3.78. The third-order valence-electron chi connectivity index (χ3n) is 2.75. The van der Waals surface area contributed by atoms with Crippen molar-refractivity contribution in [1.29, 1.82) is 0 Å². The van der Waals surface area contributed by atoms with Crippen LogP contribution in [0.25, 0.3) is 0 Å². The Kier molecular flexibility index (Phi) is 3.41. The Morgan fingerprint density at radius 2 is 2.31 bits per heavy atom. The first-order valence-electron chi connectivity index (χ1n) is 5.47. The maximum absolute atomic E-state index is 11.2. The van der Waals surface area contributed by atoms with Crippen LogP contribution in [0.5, 0.6) is 5.75 Å². The molecule has 0 aliphatic carbocycles. The average Bonchev–Trinajstić information content (AvgIpc) is 2.35. The quantitative estimate of drug-likeness (QED) is 0.794. The van der Waals surface area contributed by atoms with E-state index in [0.29, 0.717) is 13.2 Å². The van der Waals surface area contributed by atoms with Gasteiger partial charge in [-0.3, -0.25) is 4.79 Å². The Hall–Kier alpha value is -1.55. The number of likely N-dealkylation sites (N-methyl/N-ethyl adjacent to an activating group) is 1. The molecule has 1 aromatic carbocycles. The summed E-state index contributed by atoms with van der Waals surface area (Å²) in [6, 6.07) is 8.16. The summed E-state index contributed by atoms with van der Waals surface area (Å²) in [6.45, 7) is 1.04. The molecule has 2 N–H and O–H groups in total. The van der Waals surface area contributed by atoms with Crippen LogP contribution < -0.4 is 15.4 Å². The Bertz CT molecular complexity index is 379. The largest absolute Gasteiger partial charge is 0.493 e. The predicted octanol–water partition coefficient (Wildman–Crippen LogP) is 0.846. The maximum atomic E-state index is 11.2. The minimum Gasteiger partial charge on any atom is -0.493 e. The van der Waals surface area contributed by atoms with Crippen LogP contribution in [0.4, 0.5) is 0 Å². The predicted molar refractivity (Wildman–Crippen MR) is 61.4 cm³/mol. The second kappa shape index (κ2) is 4.99. The van der Waals surface area contributed by atoms with Gasteiger partial charge >= 0.3 is 0 Å². The minimum atomic E-state index is 0.00368. The zero-order valence-electron chi connectivity index (χ0n) is 9.32. The van der Waals surface area contributed by atoms with Crippen molar-refractivity contribution in [2.24, 2.45) is 0 Å². The van der Waals surface area contributed by atoms with Crippen LogP contribution in [-0.4, -0.2) is 26.1 Å². The Labute approximate surface area is 95.0 Å². The minimum absolute atomic E-state index is 0.00368. The van der Waals surface area contributed by atoms with Crippen LogP contribution in [0.1, 0.15) is 18.0 Å². The summed E-state index contributed by atoms with van der Waals surface area (Å²) < 4.78 is 5.55. The molecule has 86 valence electrons. The van der Waals surface area contributed by atoms with E-state index >= 15 is 0 Å². The summed E-state index contributed by atoms with van der Waals surface area (Å²) in [5, 5.41) is 5.83. The molecular weight excluding hydrogens is 204 g/mol. The van der Waals surface area contributed by atoms with Crippen LogP contribution >= 0.6 is 0 Å². The Balaban J connectivity index is 2.04. The van der Waals surface area contributed by atoms with E-state index in [0.717, 1.165) is 17.7 Å². The van der Waals surface area contributed by atoms with E-state index in [1.165, 1.54) is 0 Å². The molecule has 0 bridgehead atoms. The maximum Gasteiger partial charge on any atom is 0.233 e. The van der Waals surface area contributed by atoms with Crippen molar-refractivity contribution in [1.82, 2.24) is 10.6 Å². The number of rotatable bonds is 3. The highest BCUT2D eigenvalue weighted by Gasteiger charge is 2.20. The van der Waals surface area contributed by atoms with Gasteiger partial charge < -0.3 is 15.4 Å². The van der Waals surface area contributed by atoms with Crippen LogP contribution in [0.2, 0.25) is 0 Å². The first-order valence-corrected chi connectivity index (χ1v) is 5.47. The van der Waals surface area contributed by atoms with Gasteiger partial charge in [-0.05, 0) is 6.07 Å². The first-order chi connectivity index (χ1) is 7.81. The summed E-state index contributed by atoms with van der Waals surface area (Å²) in [4.78, 5) is 11.2. The van der Waals surface area contributed by atoms with Gasteiger partial charge in [-0.15, -0.1) is 0 Å². The molecule has 0 aromatic heterocycles. The molecule has 0 radical (unpaired) electrons. The summed E-state index contributed by atoms with van der Waals surface area (Å²) in [7, 11) is 1.64. The van der Waals surface area contributed by atoms with E-state index in [4.69, 9.17) is 4.74 Å². The Morgan fingerprint density at radius 3 is 3.12 bits per heavy atom. The number of para-hydroxylation sites is 1. The van der Waals surface area contributed by atoms with Gasteiger partial charge in [0.1, 0.15) is 5.75 Å². The smallest absolute Gasteiger partial charge is 0.233 e. The van der Waals surface area contributed by atoms with Crippen molar-refractivity contribution >= 4 is 5.91 Å². The van der Waals surface area contributed by atoms with Crippen molar-refractivity contribution in [2.45, 2.75) is 12.5 Å². The number of carbonyl (C=O) groups is 1. The van der Waals surface area contributed by atoms with Crippen LogP contribution in [0.15, 0.2) is 24.3 Å². The Morgan fingerprint density at radius 1 is 1.50 bits per heavy atom. The number of nitrogens with one attached hydrogen (secondary N) is 2. The highest BCUT2D eigenvalue weighted by atomic mass is 16.5. The van der Waals surface area contributed by atoms with E-state index in [1.807, 2.05) is 24.3 Å². The normalized spacial score (nSPS) is 18.4. The number of hydrogen-bond donors (Lipinski definition) is 2. The van der Waals surface area contributed by atoms with Crippen LogP contribution in [0, 0.1) is 0 Å². The summed E-state index contributed by atoms with van der Waals surface area (Å²) >= 11 is 0. The summed E-state index contributed by atoms with van der Waals surface area (Å²) in [6.07, 6.45) is 0.897. The molecule has 4 nitrogen and oxygen atoms in total. The molecule has 1 unspecified atom stereocenters. The lowest BCUT2D eigenvalue weighted by atomic mass is 10.0. The molecule has 1 aromatic rings. The standard InChI is InChI=1S/C12H16N2O2/c1-13-12(15)8-14-10-6-7-16-11-5-3-2-4-9(10)11/h2-5,10,14H,6-8H2,1H3,(H,13,15).